The maximum absolute atomic E-state index is 5.99. The van der Waals surface area contributed by atoms with Crippen molar-refractivity contribution in [2.75, 3.05) is 32.8 Å². The fraction of sp³-hybridized carbons (Fsp3) is 1.00. The van der Waals surface area contributed by atoms with Gasteiger partial charge in [0.05, 0.1) is 6.10 Å². The summed E-state index contributed by atoms with van der Waals surface area (Å²) in [6, 6.07) is 0.786. The van der Waals surface area contributed by atoms with Crippen molar-refractivity contribution in [1.82, 2.24) is 10.2 Å². The highest BCUT2D eigenvalue weighted by atomic mass is 16.5. The minimum atomic E-state index is 0.576. The molecule has 2 heterocycles. The van der Waals surface area contributed by atoms with E-state index in [2.05, 4.69) is 10.2 Å². The van der Waals surface area contributed by atoms with Gasteiger partial charge in [0.15, 0.2) is 0 Å². The summed E-state index contributed by atoms with van der Waals surface area (Å²) >= 11 is 0. The Morgan fingerprint density at radius 2 is 1.84 bits per heavy atom. The fourth-order valence-corrected chi connectivity index (χ4v) is 4.06. The number of nitrogens with zero attached hydrogens (tertiary/aromatic N) is 1. The zero-order valence-electron chi connectivity index (χ0n) is 12.3. The number of hydrogen-bond acceptors (Lipinski definition) is 3. The second-order valence-electron chi connectivity index (χ2n) is 6.68. The lowest BCUT2D eigenvalue weighted by Crippen LogP contribution is -2.44. The summed E-state index contributed by atoms with van der Waals surface area (Å²) < 4.78 is 5.99. The van der Waals surface area contributed by atoms with Crippen molar-refractivity contribution in [2.45, 2.75) is 63.5 Å². The van der Waals surface area contributed by atoms with Gasteiger partial charge < -0.3 is 15.0 Å². The molecule has 3 aliphatic rings. The second kappa shape index (κ2) is 7.05. The van der Waals surface area contributed by atoms with Gasteiger partial charge in [0, 0.05) is 19.2 Å². The Morgan fingerprint density at radius 1 is 1.00 bits per heavy atom. The van der Waals surface area contributed by atoms with Gasteiger partial charge in [-0.3, -0.25) is 0 Å². The van der Waals surface area contributed by atoms with Crippen LogP contribution in [-0.4, -0.2) is 49.8 Å². The molecule has 1 N–H and O–H groups in total. The molecule has 3 atom stereocenters. The van der Waals surface area contributed by atoms with E-state index in [9.17, 15) is 0 Å². The Bertz CT molecular complexity index is 265. The van der Waals surface area contributed by atoms with Crippen LogP contribution in [-0.2, 0) is 4.74 Å². The van der Waals surface area contributed by atoms with Gasteiger partial charge >= 0.3 is 0 Å². The molecule has 110 valence electrons. The molecule has 3 heteroatoms. The van der Waals surface area contributed by atoms with Gasteiger partial charge in [-0.05, 0) is 57.7 Å². The number of nitrogens with one attached hydrogen (secondary N) is 1. The molecule has 3 nitrogen and oxygen atoms in total. The summed E-state index contributed by atoms with van der Waals surface area (Å²) in [5.74, 6) is 0.924. The van der Waals surface area contributed by atoms with Crippen LogP contribution in [0.3, 0.4) is 0 Å². The van der Waals surface area contributed by atoms with Crippen LogP contribution in [0.15, 0.2) is 0 Å². The van der Waals surface area contributed by atoms with Crippen LogP contribution in [0.25, 0.3) is 0 Å². The minimum absolute atomic E-state index is 0.576. The predicted octanol–water partition coefficient (Wildman–Crippen LogP) is 2.41. The highest BCUT2D eigenvalue weighted by Crippen LogP contribution is 2.27. The van der Waals surface area contributed by atoms with Crippen LogP contribution < -0.4 is 5.32 Å². The third-order valence-electron chi connectivity index (χ3n) is 5.27. The molecule has 2 bridgehead atoms. The molecule has 0 aromatic rings. The van der Waals surface area contributed by atoms with Crippen molar-refractivity contribution in [2.24, 2.45) is 5.92 Å². The van der Waals surface area contributed by atoms with Crippen LogP contribution in [0, 0.1) is 5.92 Å². The topological polar surface area (TPSA) is 24.5 Å². The highest BCUT2D eigenvalue weighted by molar-refractivity contribution is 4.90. The molecule has 0 aromatic carbocycles. The van der Waals surface area contributed by atoms with Crippen molar-refractivity contribution < 1.29 is 4.74 Å². The smallest absolute Gasteiger partial charge is 0.0575 e. The predicted molar refractivity (Wildman–Crippen MR) is 78.4 cm³/mol. The van der Waals surface area contributed by atoms with Gasteiger partial charge in [0.25, 0.3) is 0 Å². The van der Waals surface area contributed by atoms with E-state index in [1.807, 2.05) is 0 Å². The maximum atomic E-state index is 5.99. The van der Waals surface area contributed by atoms with E-state index in [1.165, 1.54) is 71.0 Å². The van der Waals surface area contributed by atoms with Crippen molar-refractivity contribution in [3.8, 4) is 0 Å². The summed E-state index contributed by atoms with van der Waals surface area (Å²) in [4.78, 5) is 2.62. The number of rotatable bonds is 6. The first kappa shape index (κ1) is 13.8. The largest absolute Gasteiger partial charge is 0.378 e. The van der Waals surface area contributed by atoms with Gasteiger partial charge in [0.1, 0.15) is 0 Å². The lowest BCUT2D eigenvalue weighted by molar-refractivity contribution is 0.0267. The summed E-state index contributed by atoms with van der Waals surface area (Å²) in [6.07, 6.45) is 11.3. The van der Waals surface area contributed by atoms with Crippen molar-refractivity contribution in [3.63, 3.8) is 0 Å². The van der Waals surface area contributed by atoms with Gasteiger partial charge in [-0.25, -0.2) is 0 Å². The molecule has 19 heavy (non-hydrogen) atoms. The first-order valence-electron chi connectivity index (χ1n) is 8.49. The zero-order chi connectivity index (χ0) is 12.9. The van der Waals surface area contributed by atoms with E-state index in [-0.39, 0.29) is 0 Å². The fourth-order valence-electron chi connectivity index (χ4n) is 4.06. The first-order chi connectivity index (χ1) is 9.42. The monoisotopic (exact) mass is 266 g/mol. The van der Waals surface area contributed by atoms with Crippen LogP contribution in [0.1, 0.15) is 51.4 Å². The average Bonchev–Trinajstić information content (AvgIpc) is 2.84. The Balaban J connectivity index is 1.24. The number of piperidine rings is 1. The summed E-state index contributed by atoms with van der Waals surface area (Å²) in [6.45, 7) is 6.10. The Labute approximate surface area is 118 Å². The zero-order valence-corrected chi connectivity index (χ0v) is 12.3. The van der Waals surface area contributed by atoms with E-state index in [1.54, 1.807) is 0 Å². The Kier molecular flexibility index (Phi) is 5.14. The van der Waals surface area contributed by atoms with E-state index >= 15 is 0 Å². The quantitative estimate of drug-likeness (QED) is 0.747. The summed E-state index contributed by atoms with van der Waals surface area (Å²) in [7, 11) is 0. The minimum Gasteiger partial charge on any atom is -0.378 e. The normalized spacial score (nSPS) is 35.7. The van der Waals surface area contributed by atoms with Crippen molar-refractivity contribution >= 4 is 0 Å². The molecule has 2 saturated heterocycles. The van der Waals surface area contributed by atoms with Gasteiger partial charge in [-0.15, -0.1) is 0 Å². The molecule has 0 amide bonds. The van der Waals surface area contributed by atoms with Crippen LogP contribution in [0.2, 0.25) is 0 Å². The van der Waals surface area contributed by atoms with Crippen LogP contribution in [0.5, 0.6) is 0 Å². The Hall–Kier alpha value is -0.120. The number of hydrogen-bond donors (Lipinski definition) is 1. The number of ether oxygens (including phenoxy) is 1. The Morgan fingerprint density at radius 3 is 2.74 bits per heavy atom. The van der Waals surface area contributed by atoms with Crippen LogP contribution >= 0.6 is 0 Å². The molecule has 1 saturated carbocycles. The van der Waals surface area contributed by atoms with Gasteiger partial charge in [-0.1, -0.05) is 19.3 Å². The van der Waals surface area contributed by atoms with E-state index in [0.717, 1.165) is 25.1 Å². The van der Waals surface area contributed by atoms with Gasteiger partial charge in [0.2, 0.25) is 0 Å². The molecule has 0 spiro atoms. The molecule has 1 aliphatic carbocycles. The SMILES string of the molecule is C1CCC(OCCCNC2CCN3CCC2C3)CC1. The van der Waals surface area contributed by atoms with E-state index in [0.29, 0.717) is 6.10 Å². The molecule has 0 aromatic heterocycles. The third-order valence-corrected chi connectivity index (χ3v) is 5.27. The lowest BCUT2D eigenvalue weighted by Gasteiger charge is -2.31. The average molecular weight is 266 g/mol. The van der Waals surface area contributed by atoms with Crippen molar-refractivity contribution in [1.29, 1.82) is 0 Å². The molecular weight excluding hydrogens is 236 g/mol. The molecular formula is C16H30N2O. The lowest BCUT2D eigenvalue weighted by atomic mass is 9.94. The molecule has 2 aliphatic heterocycles. The summed E-state index contributed by atoms with van der Waals surface area (Å²) in [5.41, 5.74) is 0. The molecule has 3 rings (SSSR count). The van der Waals surface area contributed by atoms with E-state index in [4.69, 9.17) is 4.74 Å². The molecule has 3 unspecified atom stereocenters. The molecule has 0 radical (unpaired) electrons. The second-order valence-corrected chi connectivity index (χ2v) is 6.68. The maximum Gasteiger partial charge on any atom is 0.0575 e. The highest BCUT2D eigenvalue weighted by Gasteiger charge is 2.33. The van der Waals surface area contributed by atoms with Crippen LogP contribution in [0.4, 0.5) is 0 Å². The standard InChI is InChI=1S/C16H30N2O/c1-2-5-15(6-3-1)19-12-4-9-17-16-8-11-18-10-7-14(16)13-18/h14-17H,1-13H2. The number of fused-ring (bicyclic) bond motifs is 2. The molecule has 3 fully saturated rings. The van der Waals surface area contributed by atoms with Crippen molar-refractivity contribution in [3.05, 3.63) is 0 Å². The van der Waals surface area contributed by atoms with E-state index < -0.39 is 0 Å². The third kappa shape index (κ3) is 3.93. The van der Waals surface area contributed by atoms with Gasteiger partial charge in [-0.2, -0.15) is 0 Å². The first-order valence-corrected chi connectivity index (χ1v) is 8.49. The summed E-state index contributed by atoms with van der Waals surface area (Å²) in [5, 5.41) is 3.78.